The maximum Gasteiger partial charge on any atom is 0.341 e. The lowest BCUT2D eigenvalue weighted by Crippen LogP contribution is -2.12. The van der Waals surface area contributed by atoms with Crippen molar-refractivity contribution in [2.75, 3.05) is 11.9 Å². The van der Waals surface area contributed by atoms with E-state index in [0.717, 1.165) is 26.7 Å². The molecule has 1 N–H and O–H groups in total. The summed E-state index contributed by atoms with van der Waals surface area (Å²) in [6.45, 7) is 4.03. The minimum Gasteiger partial charge on any atom is -0.462 e. The van der Waals surface area contributed by atoms with E-state index in [2.05, 4.69) is 21.2 Å². The highest BCUT2D eigenvalue weighted by molar-refractivity contribution is 9.10. The number of thiophene rings is 1. The van der Waals surface area contributed by atoms with Crippen LogP contribution in [0.1, 0.15) is 28.4 Å². The standard InChI is InChI=1S/C23H20BrNO3S/c1-3-28-23(27)21-19(17-9-4-15(2)5-10-17)14-29-22(21)25-20(26)13-8-16-6-11-18(24)12-7-16/h4-14H,3H2,1-2H3,(H,25,26). The summed E-state index contributed by atoms with van der Waals surface area (Å²) in [5, 5.41) is 5.16. The second kappa shape index (κ2) is 9.67. The highest BCUT2D eigenvalue weighted by atomic mass is 79.9. The van der Waals surface area contributed by atoms with Crippen LogP contribution in [0.3, 0.4) is 0 Å². The molecule has 0 radical (unpaired) electrons. The number of halogens is 1. The number of nitrogens with one attached hydrogen (secondary N) is 1. The predicted octanol–water partition coefficient (Wildman–Crippen LogP) is 6.31. The van der Waals surface area contributed by atoms with Crippen LogP contribution in [-0.2, 0) is 9.53 Å². The van der Waals surface area contributed by atoms with E-state index in [1.165, 1.54) is 17.4 Å². The monoisotopic (exact) mass is 469 g/mol. The predicted molar refractivity (Wildman–Crippen MR) is 122 cm³/mol. The average Bonchev–Trinajstić information content (AvgIpc) is 3.12. The van der Waals surface area contributed by atoms with Crippen molar-refractivity contribution in [3.05, 3.63) is 81.2 Å². The van der Waals surface area contributed by atoms with Crippen molar-refractivity contribution in [1.29, 1.82) is 0 Å². The van der Waals surface area contributed by atoms with E-state index in [-0.39, 0.29) is 12.5 Å². The number of ether oxygens (including phenoxy) is 1. The second-order valence-corrected chi connectivity index (χ2v) is 8.11. The van der Waals surface area contributed by atoms with Crippen LogP contribution in [0.4, 0.5) is 5.00 Å². The van der Waals surface area contributed by atoms with Gasteiger partial charge >= 0.3 is 5.97 Å². The van der Waals surface area contributed by atoms with Gasteiger partial charge in [-0.3, -0.25) is 4.79 Å². The highest BCUT2D eigenvalue weighted by Crippen LogP contribution is 2.36. The molecular weight excluding hydrogens is 450 g/mol. The molecule has 0 fully saturated rings. The van der Waals surface area contributed by atoms with Gasteiger partial charge in [-0.15, -0.1) is 11.3 Å². The fourth-order valence-electron chi connectivity index (χ4n) is 2.70. The Hall–Kier alpha value is -2.70. The zero-order valence-electron chi connectivity index (χ0n) is 16.1. The lowest BCUT2D eigenvalue weighted by molar-refractivity contribution is -0.111. The molecule has 0 aliphatic rings. The van der Waals surface area contributed by atoms with Gasteiger partial charge < -0.3 is 10.1 Å². The van der Waals surface area contributed by atoms with E-state index >= 15 is 0 Å². The Balaban J connectivity index is 1.86. The topological polar surface area (TPSA) is 55.4 Å². The lowest BCUT2D eigenvalue weighted by Gasteiger charge is -2.08. The molecule has 3 rings (SSSR count). The van der Waals surface area contributed by atoms with E-state index in [9.17, 15) is 9.59 Å². The van der Waals surface area contributed by atoms with Crippen molar-refractivity contribution >= 4 is 50.2 Å². The van der Waals surface area contributed by atoms with Crippen LogP contribution in [-0.4, -0.2) is 18.5 Å². The first-order chi connectivity index (χ1) is 14.0. The SMILES string of the molecule is CCOC(=O)c1c(-c2ccc(C)cc2)csc1NC(=O)C=Cc1ccc(Br)cc1. The zero-order valence-corrected chi connectivity index (χ0v) is 18.5. The number of carbonyl (C=O) groups is 2. The van der Waals surface area contributed by atoms with Gasteiger partial charge in [0.05, 0.1) is 6.61 Å². The molecule has 0 spiro atoms. The Kier molecular flexibility index (Phi) is 7.01. The van der Waals surface area contributed by atoms with Crippen molar-refractivity contribution in [2.24, 2.45) is 0 Å². The summed E-state index contributed by atoms with van der Waals surface area (Å²) in [4.78, 5) is 25.0. The molecule has 3 aromatic rings. The smallest absolute Gasteiger partial charge is 0.341 e. The number of anilines is 1. The molecule has 1 amide bonds. The van der Waals surface area contributed by atoms with Gasteiger partial charge in [-0.1, -0.05) is 57.9 Å². The van der Waals surface area contributed by atoms with Gasteiger partial charge in [-0.2, -0.15) is 0 Å². The molecular formula is C23H20BrNO3S. The van der Waals surface area contributed by atoms with Crippen LogP contribution >= 0.6 is 27.3 Å². The minimum atomic E-state index is -0.448. The number of hydrogen-bond donors (Lipinski definition) is 1. The van der Waals surface area contributed by atoms with Crippen LogP contribution in [0.5, 0.6) is 0 Å². The first kappa shape index (κ1) is 21.0. The van der Waals surface area contributed by atoms with E-state index in [1.807, 2.05) is 60.8 Å². The maximum atomic E-state index is 12.6. The fourth-order valence-corrected chi connectivity index (χ4v) is 3.93. The summed E-state index contributed by atoms with van der Waals surface area (Å²) in [5.74, 6) is -0.757. The van der Waals surface area contributed by atoms with E-state index in [0.29, 0.717) is 10.6 Å². The van der Waals surface area contributed by atoms with Crippen molar-refractivity contribution in [3.63, 3.8) is 0 Å². The molecule has 0 aliphatic carbocycles. The summed E-state index contributed by atoms with van der Waals surface area (Å²) in [6.07, 6.45) is 3.17. The molecule has 1 heterocycles. The van der Waals surface area contributed by atoms with Gasteiger partial charge in [0.2, 0.25) is 5.91 Å². The first-order valence-corrected chi connectivity index (χ1v) is 10.8. The van der Waals surface area contributed by atoms with Crippen molar-refractivity contribution in [1.82, 2.24) is 0 Å². The number of esters is 1. The third kappa shape index (κ3) is 5.43. The molecule has 148 valence electrons. The van der Waals surface area contributed by atoms with Gasteiger partial charge in [0.1, 0.15) is 10.6 Å². The summed E-state index contributed by atoms with van der Waals surface area (Å²) in [6, 6.07) is 15.5. The Bertz CT molecular complexity index is 1040. The second-order valence-electron chi connectivity index (χ2n) is 6.31. The molecule has 0 saturated heterocycles. The molecule has 0 atom stereocenters. The molecule has 0 bridgehead atoms. The number of hydrogen-bond acceptors (Lipinski definition) is 4. The molecule has 6 heteroatoms. The van der Waals surface area contributed by atoms with Gasteiger partial charge in [0, 0.05) is 21.5 Å². The molecule has 1 aromatic heterocycles. The summed E-state index contributed by atoms with van der Waals surface area (Å²) < 4.78 is 6.20. The molecule has 29 heavy (non-hydrogen) atoms. The summed E-state index contributed by atoms with van der Waals surface area (Å²) >= 11 is 4.69. The van der Waals surface area contributed by atoms with Gasteiger partial charge in [-0.05, 0) is 43.2 Å². The van der Waals surface area contributed by atoms with E-state index in [4.69, 9.17) is 4.74 Å². The minimum absolute atomic E-state index is 0.263. The molecule has 4 nitrogen and oxygen atoms in total. The van der Waals surface area contributed by atoms with Crippen LogP contribution in [0.15, 0.2) is 64.5 Å². The molecule has 0 unspecified atom stereocenters. The Morgan fingerprint density at radius 3 is 2.45 bits per heavy atom. The maximum absolute atomic E-state index is 12.6. The quantitative estimate of drug-likeness (QED) is 0.339. The number of aryl methyl sites for hydroxylation is 1. The molecule has 2 aromatic carbocycles. The zero-order chi connectivity index (χ0) is 20.8. The third-order valence-electron chi connectivity index (χ3n) is 4.17. The van der Waals surface area contributed by atoms with Gasteiger partial charge in [0.25, 0.3) is 0 Å². The van der Waals surface area contributed by atoms with Crippen LogP contribution in [0, 0.1) is 6.92 Å². The fraction of sp³-hybridized carbons (Fsp3) is 0.130. The number of amides is 1. The Labute approximate surface area is 182 Å². The number of benzene rings is 2. The van der Waals surface area contributed by atoms with E-state index < -0.39 is 5.97 Å². The third-order valence-corrected chi connectivity index (χ3v) is 5.59. The van der Waals surface area contributed by atoms with Crippen LogP contribution in [0.2, 0.25) is 0 Å². The number of carbonyl (C=O) groups excluding carboxylic acids is 2. The van der Waals surface area contributed by atoms with E-state index in [1.54, 1.807) is 13.0 Å². The van der Waals surface area contributed by atoms with Crippen molar-refractivity contribution in [3.8, 4) is 11.1 Å². The number of rotatable bonds is 6. The van der Waals surface area contributed by atoms with Crippen molar-refractivity contribution in [2.45, 2.75) is 13.8 Å². The first-order valence-electron chi connectivity index (χ1n) is 9.08. The normalized spacial score (nSPS) is 10.9. The van der Waals surface area contributed by atoms with Crippen molar-refractivity contribution < 1.29 is 14.3 Å². The van der Waals surface area contributed by atoms with Crippen LogP contribution < -0.4 is 5.32 Å². The van der Waals surface area contributed by atoms with Crippen LogP contribution in [0.25, 0.3) is 17.2 Å². The van der Waals surface area contributed by atoms with Gasteiger partial charge in [0.15, 0.2) is 0 Å². The average molecular weight is 470 g/mol. The Morgan fingerprint density at radius 1 is 1.10 bits per heavy atom. The lowest BCUT2D eigenvalue weighted by atomic mass is 10.0. The molecule has 0 saturated carbocycles. The largest absolute Gasteiger partial charge is 0.462 e. The summed E-state index contributed by atoms with van der Waals surface area (Å²) in [5.41, 5.74) is 4.07. The summed E-state index contributed by atoms with van der Waals surface area (Å²) in [7, 11) is 0. The molecule has 0 aliphatic heterocycles. The van der Waals surface area contributed by atoms with Gasteiger partial charge in [-0.25, -0.2) is 4.79 Å². The highest BCUT2D eigenvalue weighted by Gasteiger charge is 2.22. The Morgan fingerprint density at radius 2 is 1.79 bits per heavy atom.